The topological polar surface area (TPSA) is 19.9 Å². The van der Waals surface area contributed by atoms with Crippen LogP contribution in [0.1, 0.15) is 0 Å². The lowest BCUT2D eigenvalue weighted by molar-refractivity contribution is -0.197. The van der Waals surface area contributed by atoms with E-state index in [2.05, 4.69) is 0 Å². The molecule has 0 aromatic rings. The molecule has 0 heterocycles. The Kier molecular flexibility index (Phi) is 2.34. The van der Waals surface area contributed by atoms with Crippen molar-refractivity contribution in [3.8, 4) is 0 Å². The standard InChI is InChI=1S/C2Br2F3O/c3-1(4,8)2(5,6)7. The maximum Gasteiger partial charge on any atom is 0.441 e. The molecule has 0 N–H and O–H groups in total. The Bertz CT molecular complexity index is 70.3. The molecule has 1 nitrogen and oxygen atoms in total. The molecular weight excluding hydrogens is 257 g/mol. The average Bonchev–Trinajstić information content (AvgIpc) is 1.25. The lowest BCUT2D eigenvalue weighted by atomic mass is 10.7. The van der Waals surface area contributed by atoms with Crippen molar-refractivity contribution in [2.75, 3.05) is 0 Å². The van der Waals surface area contributed by atoms with Gasteiger partial charge in [0.2, 0.25) is 0 Å². The van der Waals surface area contributed by atoms with Crippen LogP contribution in [0.2, 0.25) is 0 Å². The molecule has 0 saturated carbocycles. The van der Waals surface area contributed by atoms with Gasteiger partial charge in [0.25, 0.3) is 0 Å². The zero-order valence-corrected chi connectivity index (χ0v) is 6.47. The van der Waals surface area contributed by atoms with Crippen LogP contribution in [-0.2, 0) is 5.11 Å². The van der Waals surface area contributed by atoms with E-state index in [9.17, 15) is 18.3 Å². The van der Waals surface area contributed by atoms with Gasteiger partial charge in [-0.2, -0.15) is 18.3 Å². The number of halogens is 5. The fraction of sp³-hybridized carbons (Fsp3) is 1.00. The van der Waals surface area contributed by atoms with Crippen molar-refractivity contribution in [2.24, 2.45) is 0 Å². The van der Waals surface area contributed by atoms with Crippen LogP contribution < -0.4 is 0 Å². The molecule has 0 spiro atoms. The molecule has 0 aromatic heterocycles. The van der Waals surface area contributed by atoms with Crippen molar-refractivity contribution < 1.29 is 18.3 Å². The zero-order chi connectivity index (χ0) is 7.00. The second kappa shape index (κ2) is 2.15. The Morgan fingerprint density at radius 3 is 1.25 bits per heavy atom. The van der Waals surface area contributed by atoms with E-state index in [1.165, 1.54) is 0 Å². The Morgan fingerprint density at radius 2 is 1.25 bits per heavy atom. The van der Waals surface area contributed by atoms with Gasteiger partial charge in [-0.15, -0.1) is 0 Å². The van der Waals surface area contributed by atoms with Gasteiger partial charge >= 0.3 is 9.60 Å². The van der Waals surface area contributed by atoms with E-state index in [4.69, 9.17) is 0 Å². The van der Waals surface area contributed by atoms with Gasteiger partial charge in [-0.05, 0) is 31.9 Å². The molecule has 6 heteroatoms. The predicted molar refractivity (Wildman–Crippen MR) is 27.3 cm³/mol. The average molecular weight is 257 g/mol. The molecule has 8 heavy (non-hydrogen) atoms. The normalized spacial score (nSPS) is 14.2. The summed E-state index contributed by atoms with van der Waals surface area (Å²) in [5, 5.41) is 9.83. The molecule has 0 saturated heterocycles. The summed E-state index contributed by atoms with van der Waals surface area (Å²) >= 11 is 3.67. The van der Waals surface area contributed by atoms with Crippen molar-refractivity contribution in [1.82, 2.24) is 0 Å². The summed E-state index contributed by atoms with van der Waals surface area (Å²) in [6.07, 6.45) is -4.78. The quantitative estimate of drug-likeness (QED) is 0.594. The van der Waals surface area contributed by atoms with Crippen LogP contribution in [0, 0.1) is 0 Å². The molecule has 0 unspecified atom stereocenters. The van der Waals surface area contributed by atoms with Gasteiger partial charge in [0.1, 0.15) is 0 Å². The van der Waals surface area contributed by atoms with Gasteiger partial charge < -0.3 is 0 Å². The Balaban J connectivity index is 4.02. The summed E-state index contributed by atoms with van der Waals surface area (Å²) in [6.45, 7) is 0. The molecule has 0 amide bonds. The zero-order valence-electron chi connectivity index (χ0n) is 3.30. The number of hydrogen-bond donors (Lipinski definition) is 0. The first kappa shape index (κ1) is 8.71. The van der Waals surface area contributed by atoms with Gasteiger partial charge in [-0.25, -0.2) is 0 Å². The summed E-state index contributed by atoms with van der Waals surface area (Å²) < 4.78 is 30.3. The van der Waals surface area contributed by atoms with E-state index in [0.717, 1.165) is 0 Å². The predicted octanol–water partition coefficient (Wildman–Crippen LogP) is 2.42. The first-order valence-electron chi connectivity index (χ1n) is 1.40. The summed E-state index contributed by atoms with van der Waals surface area (Å²) in [5.41, 5.74) is 0. The van der Waals surface area contributed by atoms with E-state index < -0.39 is 9.60 Å². The van der Waals surface area contributed by atoms with E-state index >= 15 is 0 Å². The van der Waals surface area contributed by atoms with Crippen molar-refractivity contribution in [3.63, 3.8) is 0 Å². The Hall–Kier alpha value is 0.710. The summed E-state index contributed by atoms with van der Waals surface area (Å²) in [4.78, 5) is 0. The minimum atomic E-state index is -4.78. The van der Waals surface area contributed by atoms with Gasteiger partial charge in [0, 0.05) is 0 Å². The number of rotatable bonds is 0. The largest absolute Gasteiger partial charge is 0.441 e. The van der Waals surface area contributed by atoms with Crippen molar-refractivity contribution in [3.05, 3.63) is 0 Å². The third-order valence-corrected chi connectivity index (χ3v) is 1.23. The highest BCUT2D eigenvalue weighted by atomic mass is 79.9. The fourth-order valence-corrected chi connectivity index (χ4v) is 0. The van der Waals surface area contributed by atoms with Crippen LogP contribution in [0.15, 0.2) is 0 Å². The van der Waals surface area contributed by atoms with Crippen molar-refractivity contribution >= 4 is 31.9 Å². The highest BCUT2D eigenvalue weighted by Gasteiger charge is 2.52. The maximum atomic E-state index is 11.2. The van der Waals surface area contributed by atoms with Gasteiger partial charge in [-0.1, -0.05) is 0 Å². The van der Waals surface area contributed by atoms with Crippen LogP contribution in [0.25, 0.3) is 0 Å². The fourth-order valence-electron chi connectivity index (χ4n) is 0. The number of alkyl halides is 5. The molecule has 0 aromatic carbocycles. The maximum absolute atomic E-state index is 11.2. The first-order chi connectivity index (χ1) is 3.25. The molecule has 1 radical (unpaired) electrons. The SMILES string of the molecule is [O]C(Br)(Br)C(F)(F)F. The molecule has 49 valence electrons. The molecule has 0 atom stereocenters. The Labute approximate surface area is 60.1 Å². The monoisotopic (exact) mass is 255 g/mol. The molecule has 0 aliphatic heterocycles. The second-order valence-electron chi connectivity index (χ2n) is 1.01. The van der Waals surface area contributed by atoms with Crippen LogP contribution >= 0.6 is 31.9 Å². The molecule has 0 aliphatic carbocycles. The minimum absolute atomic E-state index is 1.84. The summed E-state index contributed by atoms with van der Waals surface area (Å²) in [5.74, 6) is 0. The molecule has 0 fully saturated rings. The lowest BCUT2D eigenvalue weighted by Gasteiger charge is -2.13. The van der Waals surface area contributed by atoms with E-state index in [1.807, 2.05) is 31.9 Å². The smallest absolute Gasteiger partial charge is 0.194 e. The van der Waals surface area contributed by atoms with Gasteiger partial charge in [0.15, 0.2) is 0 Å². The van der Waals surface area contributed by atoms with E-state index in [1.54, 1.807) is 0 Å². The lowest BCUT2D eigenvalue weighted by Crippen LogP contribution is -2.30. The summed E-state index contributed by atoms with van der Waals surface area (Å²) in [7, 11) is 0. The van der Waals surface area contributed by atoms with Crippen LogP contribution in [0.3, 0.4) is 0 Å². The number of hydrogen-bond acceptors (Lipinski definition) is 0. The molecule has 0 bridgehead atoms. The third-order valence-electron chi connectivity index (χ3n) is 0.330. The van der Waals surface area contributed by atoms with Gasteiger partial charge in [-0.3, -0.25) is 0 Å². The van der Waals surface area contributed by atoms with Crippen LogP contribution in [0.4, 0.5) is 13.2 Å². The highest BCUT2D eigenvalue weighted by Crippen LogP contribution is 2.40. The molecule has 0 aliphatic rings. The third kappa shape index (κ3) is 2.32. The van der Waals surface area contributed by atoms with Crippen molar-refractivity contribution in [2.45, 2.75) is 9.60 Å². The Morgan fingerprint density at radius 1 is 1.12 bits per heavy atom. The first-order valence-corrected chi connectivity index (χ1v) is 2.99. The second-order valence-corrected chi connectivity index (χ2v) is 4.31. The van der Waals surface area contributed by atoms with E-state index in [0.29, 0.717) is 0 Å². The highest BCUT2D eigenvalue weighted by molar-refractivity contribution is 9.25. The minimum Gasteiger partial charge on any atom is -0.194 e. The van der Waals surface area contributed by atoms with E-state index in [-0.39, 0.29) is 0 Å². The van der Waals surface area contributed by atoms with Crippen LogP contribution in [-0.4, -0.2) is 9.60 Å². The van der Waals surface area contributed by atoms with Gasteiger partial charge in [0.05, 0.1) is 0 Å². The van der Waals surface area contributed by atoms with Crippen molar-refractivity contribution in [1.29, 1.82) is 0 Å². The molecule has 0 rings (SSSR count). The summed E-state index contributed by atoms with van der Waals surface area (Å²) in [6, 6.07) is 0. The molecular formula is C2Br2F3O. The van der Waals surface area contributed by atoms with Crippen LogP contribution in [0.5, 0.6) is 0 Å².